The van der Waals surface area contributed by atoms with E-state index in [4.69, 9.17) is 17.0 Å². The van der Waals surface area contributed by atoms with Crippen molar-refractivity contribution in [3.8, 4) is 0 Å². The van der Waals surface area contributed by atoms with Crippen molar-refractivity contribution in [1.29, 1.82) is 0 Å². The molecule has 2 nitrogen and oxygen atoms in total. The lowest BCUT2D eigenvalue weighted by Gasteiger charge is -2.14. The molecule has 0 radical (unpaired) electrons. The van der Waals surface area contributed by atoms with Crippen molar-refractivity contribution < 1.29 is 9.53 Å². The Morgan fingerprint density at radius 3 is 2.63 bits per heavy atom. The van der Waals surface area contributed by atoms with Gasteiger partial charge in [-0.15, -0.1) is 6.58 Å². The zero-order valence-electron chi connectivity index (χ0n) is 12.2. The van der Waals surface area contributed by atoms with E-state index >= 15 is 0 Å². The van der Waals surface area contributed by atoms with Crippen LogP contribution in [0.4, 0.5) is 0 Å². The van der Waals surface area contributed by atoms with E-state index in [2.05, 4.69) is 6.58 Å². The zero-order chi connectivity index (χ0) is 14.5. The van der Waals surface area contributed by atoms with Crippen molar-refractivity contribution in [1.82, 2.24) is 0 Å². The third-order valence-corrected chi connectivity index (χ3v) is 4.19. The molecule has 0 aromatic rings. The van der Waals surface area contributed by atoms with E-state index in [-0.39, 0.29) is 5.12 Å². The van der Waals surface area contributed by atoms with E-state index < -0.39 is 0 Å². The van der Waals surface area contributed by atoms with Crippen molar-refractivity contribution in [2.24, 2.45) is 0 Å². The predicted molar refractivity (Wildman–Crippen MR) is 88.8 cm³/mol. The van der Waals surface area contributed by atoms with Crippen molar-refractivity contribution in [2.45, 2.75) is 64.0 Å². The summed E-state index contributed by atoms with van der Waals surface area (Å²) in [5, 5.41) is 1.37. The summed E-state index contributed by atoms with van der Waals surface area (Å²) < 4.78 is 5.25. The first-order valence-electron chi connectivity index (χ1n) is 7.03. The lowest BCUT2D eigenvalue weighted by atomic mass is 10.1. The monoisotopic (exact) mass is 302 g/mol. The SMILES string of the molecule is C=CCCCC(CCCCC(=S)OCC)SC(C)=O. The van der Waals surface area contributed by atoms with Crippen LogP contribution in [0.25, 0.3) is 0 Å². The molecule has 0 N–H and O–H groups in total. The Kier molecular flexibility index (Phi) is 12.4. The molecular formula is C15H26O2S2. The fourth-order valence-electron chi connectivity index (χ4n) is 1.86. The molecule has 0 rings (SSSR count). The first kappa shape index (κ1) is 18.7. The summed E-state index contributed by atoms with van der Waals surface area (Å²) in [4.78, 5) is 11.2. The van der Waals surface area contributed by atoms with Crippen LogP contribution in [0, 0.1) is 0 Å². The molecule has 0 saturated heterocycles. The van der Waals surface area contributed by atoms with E-state index in [0.717, 1.165) is 44.9 Å². The van der Waals surface area contributed by atoms with Gasteiger partial charge in [-0.05, 0) is 51.2 Å². The van der Waals surface area contributed by atoms with Gasteiger partial charge in [-0.2, -0.15) is 0 Å². The Balaban J connectivity index is 3.81. The summed E-state index contributed by atoms with van der Waals surface area (Å²) in [5.74, 6) is 0. The van der Waals surface area contributed by atoms with E-state index in [1.54, 1.807) is 6.92 Å². The molecule has 0 aromatic carbocycles. The molecule has 0 bridgehead atoms. The van der Waals surface area contributed by atoms with Gasteiger partial charge in [0.1, 0.15) is 0 Å². The van der Waals surface area contributed by atoms with Crippen molar-refractivity contribution in [3.63, 3.8) is 0 Å². The summed E-state index contributed by atoms with van der Waals surface area (Å²) in [6.07, 6.45) is 9.27. The van der Waals surface area contributed by atoms with E-state index in [1.807, 2.05) is 13.0 Å². The molecule has 0 spiro atoms. The quantitative estimate of drug-likeness (QED) is 0.307. The second kappa shape index (κ2) is 12.7. The average Bonchev–Trinajstić information content (AvgIpc) is 2.34. The topological polar surface area (TPSA) is 26.3 Å². The highest BCUT2D eigenvalue weighted by atomic mass is 32.2. The Morgan fingerprint density at radius 2 is 2.05 bits per heavy atom. The number of rotatable bonds is 11. The molecule has 1 atom stereocenters. The number of ether oxygens (including phenoxy) is 1. The summed E-state index contributed by atoms with van der Waals surface area (Å²) in [6.45, 7) is 7.98. The van der Waals surface area contributed by atoms with Crippen LogP contribution in [-0.4, -0.2) is 22.0 Å². The summed E-state index contributed by atoms with van der Waals surface area (Å²) in [7, 11) is 0. The van der Waals surface area contributed by atoms with Crippen LogP contribution < -0.4 is 0 Å². The number of hydrogen-bond donors (Lipinski definition) is 0. The summed E-state index contributed by atoms with van der Waals surface area (Å²) >= 11 is 6.58. The van der Waals surface area contributed by atoms with Crippen molar-refractivity contribution in [2.75, 3.05) is 6.61 Å². The first-order valence-corrected chi connectivity index (χ1v) is 8.32. The number of carbonyl (C=O) groups is 1. The molecule has 4 heteroatoms. The second-order valence-corrected chi connectivity index (χ2v) is 6.43. The smallest absolute Gasteiger partial charge is 0.186 e. The van der Waals surface area contributed by atoms with Crippen LogP contribution in [0.5, 0.6) is 0 Å². The maximum Gasteiger partial charge on any atom is 0.186 e. The zero-order valence-corrected chi connectivity index (χ0v) is 13.8. The Hall–Kier alpha value is -0.350. The van der Waals surface area contributed by atoms with Crippen LogP contribution in [0.15, 0.2) is 12.7 Å². The van der Waals surface area contributed by atoms with Crippen molar-refractivity contribution >= 4 is 34.1 Å². The minimum atomic E-state index is 0.216. The Bertz CT molecular complexity index is 277. The first-order chi connectivity index (χ1) is 9.10. The van der Waals surface area contributed by atoms with Gasteiger partial charge >= 0.3 is 0 Å². The van der Waals surface area contributed by atoms with Crippen LogP contribution >= 0.6 is 24.0 Å². The third-order valence-electron chi connectivity index (χ3n) is 2.73. The molecule has 110 valence electrons. The highest BCUT2D eigenvalue weighted by Gasteiger charge is 2.11. The maximum absolute atomic E-state index is 11.2. The van der Waals surface area contributed by atoms with Gasteiger partial charge in [-0.25, -0.2) is 0 Å². The van der Waals surface area contributed by atoms with E-state index in [0.29, 0.717) is 16.9 Å². The Labute approximate surface area is 127 Å². The molecule has 19 heavy (non-hydrogen) atoms. The van der Waals surface area contributed by atoms with E-state index in [9.17, 15) is 4.79 Å². The lowest BCUT2D eigenvalue weighted by Crippen LogP contribution is -2.06. The summed E-state index contributed by atoms with van der Waals surface area (Å²) in [6, 6.07) is 0. The normalized spacial score (nSPS) is 11.9. The molecule has 0 aliphatic carbocycles. The fourth-order valence-corrected chi connectivity index (χ4v) is 3.16. The van der Waals surface area contributed by atoms with Gasteiger partial charge in [0.05, 0.1) is 6.61 Å². The highest BCUT2D eigenvalue weighted by molar-refractivity contribution is 8.14. The van der Waals surface area contributed by atoms with Gasteiger partial charge in [0.25, 0.3) is 0 Å². The number of allylic oxidation sites excluding steroid dienone is 1. The molecule has 0 amide bonds. The molecular weight excluding hydrogens is 276 g/mol. The average molecular weight is 303 g/mol. The third kappa shape index (κ3) is 12.4. The molecule has 0 aliphatic rings. The number of thiocarbonyl (C=S) groups is 1. The van der Waals surface area contributed by atoms with Crippen LogP contribution in [0.3, 0.4) is 0 Å². The Morgan fingerprint density at radius 1 is 1.37 bits per heavy atom. The number of thioether (sulfide) groups is 1. The van der Waals surface area contributed by atoms with Gasteiger partial charge in [-0.1, -0.05) is 24.3 Å². The van der Waals surface area contributed by atoms with Gasteiger partial charge in [0.2, 0.25) is 0 Å². The van der Waals surface area contributed by atoms with E-state index in [1.165, 1.54) is 11.8 Å². The minimum Gasteiger partial charge on any atom is -0.487 e. The lowest BCUT2D eigenvalue weighted by molar-refractivity contribution is -0.109. The van der Waals surface area contributed by atoms with Gasteiger partial charge in [0.15, 0.2) is 10.2 Å². The summed E-state index contributed by atoms with van der Waals surface area (Å²) in [5.41, 5.74) is 0. The number of hydrogen-bond acceptors (Lipinski definition) is 4. The standard InChI is InChI=1S/C15H26O2S2/c1-4-6-7-10-14(19-13(3)16)11-8-9-12-15(18)17-5-2/h4,14H,1,5-12H2,2-3H3. The second-order valence-electron chi connectivity index (χ2n) is 4.50. The molecule has 0 aromatic heterocycles. The van der Waals surface area contributed by atoms with Gasteiger partial charge < -0.3 is 4.74 Å². The number of carbonyl (C=O) groups excluding carboxylic acids is 1. The molecule has 0 fully saturated rings. The van der Waals surface area contributed by atoms with Gasteiger partial charge in [-0.3, -0.25) is 4.79 Å². The van der Waals surface area contributed by atoms with Crippen LogP contribution in [0.1, 0.15) is 58.8 Å². The predicted octanol–water partition coefficient (Wildman–Crippen LogP) is 4.92. The number of unbranched alkanes of at least 4 members (excludes halogenated alkanes) is 2. The van der Waals surface area contributed by atoms with Gasteiger partial charge in [0, 0.05) is 18.6 Å². The molecule has 0 heterocycles. The fraction of sp³-hybridized carbons (Fsp3) is 0.733. The maximum atomic E-state index is 11.2. The van der Waals surface area contributed by atoms with Crippen LogP contribution in [0.2, 0.25) is 0 Å². The molecule has 0 aliphatic heterocycles. The highest BCUT2D eigenvalue weighted by Crippen LogP contribution is 2.24. The molecule has 1 unspecified atom stereocenters. The largest absolute Gasteiger partial charge is 0.487 e. The van der Waals surface area contributed by atoms with Crippen molar-refractivity contribution in [3.05, 3.63) is 12.7 Å². The van der Waals surface area contributed by atoms with Crippen LogP contribution in [-0.2, 0) is 9.53 Å². The molecule has 0 saturated carbocycles. The minimum absolute atomic E-state index is 0.216.